The molecule has 9 heteroatoms. The first-order valence-corrected chi connectivity index (χ1v) is 10.3. The maximum absolute atomic E-state index is 12.4. The highest BCUT2D eigenvalue weighted by Crippen LogP contribution is 2.37. The molecule has 0 aliphatic heterocycles. The molecule has 0 fully saturated rings. The van der Waals surface area contributed by atoms with Crippen LogP contribution in [0.15, 0.2) is 35.7 Å². The minimum Gasteiger partial charge on any atom is -0.481 e. The predicted molar refractivity (Wildman–Crippen MR) is 122 cm³/mol. The molecule has 9 nitrogen and oxygen atoms in total. The second-order valence-corrected chi connectivity index (χ2v) is 9.30. The van der Waals surface area contributed by atoms with Gasteiger partial charge in [0.05, 0.1) is 23.7 Å². The number of nitrogens with one attached hydrogen (secondary N) is 1. The van der Waals surface area contributed by atoms with Gasteiger partial charge in [0.15, 0.2) is 5.78 Å². The van der Waals surface area contributed by atoms with Crippen molar-refractivity contribution < 1.29 is 9.53 Å². The number of hydrogen-bond acceptors (Lipinski definition) is 7. The zero-order chi connectivity index (χ0) is 23.1. The minimum atomic E-state index is -0.819. The van der Waals surface area contributed by atoms with Gasteiger partial charge in [0.25, 0.3) is 0 Å². The van der Waals surface area contributed by atoms with Crippen LogP contribution in [-0.2, 0) is 12.0 Å². The van der Waals surface area contributed by atoms with Gasteiger partial charge >= 0.3 is 0 Å². The number of ketones is 1. The molecule has 0 amide bonds. The van der Waals surface area contributed by atoms with Gasteiger partial charge in [-0.15, -0.1) is 0 Å². The van der Waals surface area contributed by atoms with Crippen molar-refractivity contribution in [2.75, 3.05) is 12.4 Å². The Morgan fingerprint density at radius 2 is 1.94 bits per heavy atom. The summed E-state index contributed by atoms with van der Waals surface area (Å²) in [5.74, 6) is 1.74. The summed E-state index contributed by atoms with van der Waals surface area (Å²) < 4.78 is 5.39. The molecule has 1 N–H and O–H groups in total. The molecule has 32 heavy (non-hydrogen) atoms. The highest BCUT2D eigenvalue weighted by molar-refractivity contribution is 5.99. The molecule has 3 aromatic heterocycles. The first-order valence-electron chi connectivity index (χ1n) is 10.3. The van der Waals surface area contributed by atoms with Gasteiger partial charge in [-0.25, -0.2) is 15.0 Å². The van der Waals surface area contributed by atoms with Crippen LogP contribution in [0.5, 0.6) is 5.88 Å². The number of anilines is 2. The molecule has 164 valence electrons. The zero-order valence-corrected chi connectivity index (χ0v) is 18.8. The van der Waals surface area contributed by atoms with Crippen LogP contribution in [-0.4, -0.2) is 27.8 Å². The Hall–Kier alpha value is -3.71. The summed E-state index contributed by atoms with van der Waals surface area (Å²) in [4.78, 5) is 29.0. The maximum Gasteiger partial charge on any atom is 0.222 e. The molecule has 0 unspecified atom stereocenters. The molecule has 0 saturated heterocycles. The monoisotopic (exact) mass is 431 g/mol. The van der Waals surface area contributed by atoms with Crippen LogP contribution < -0.4 is 10.1 Å². The van der Waals surface area contributed by atoms with E-state index in [2.05, 4.69) is 39.2 Å². The molecular weight excluding hydrogens is 406 g/mol. The quantitative estimate of drug-likeness (QED) is 0.324. The normalized spacial score (nSPS) is 15.1. The Bertz CT molecular complexity index is 1280. The fourth-order valence-corrected chi connectivity index (χ4v) is 4.13. The van der Waals surface area contributed by atoms with Crippen molar-refractivity contribution in [2.24, 2.45) is 10.5 Å². The first kappa shape index (κ1) is 21.5. The number of fused-ring (bicyclic) bond motifs is 2. The van der Waals surface area contributed by atoms with Crippen molar-refractivity contribution in [3.05, 3.63) is 57.9 Å². The Morgan fingerprint density at radius 3 is 2.66 bits per heavy atom. The van der Waals surface area contributed by atoms with E-state index in [1.165, 1.54) is 0 Å². The lowest BCUT2D eigenvalue weighted by Gasteiger charge is -2.29. The van der Waals surface area contributed by atoms with Crippen LogP contribution >= 0.6 is 0 Å². The number of azide groups is 1. The van der Waals surface area contributed by atoms with Crippen LogP contribution in [0.2, 0.25) is 0 Å². The van der Waals surface area contributed by atoms with Crippen molar-refractivity contribution in [2.45, 2.75) is 46.1 Å². The van der Waals surface area contributed by atoms with Crippen molar-refractivity contribution >= 4 is 28.2 Å². The van der Waals surface area contributed by atoms with E-state index in [0.29, 0.717) is 34.9 Å². The number of hydrogen-bond donors (Lipinski definition) is 1. The second-order valence-electron chi connectivity index (χ2n) is 9.30. The fraction of sp³-hybridized carbons (Fsp3) is 0.391. The summed E-state index contributed by atoms with van der Waals surface area (Å²) in [5.41, 5.74) is 10.3. The standard InChI is InChI=1S/C23H25N7O2/c1-22(2)9-17-13(18(31)10-22)6-7-19(27-17)28-20-8-14-15(11-25-20)21(32-5)26-12-16(14)23(3,4)29-30-24/h6-8,11-12H,9-10H2,1-5H3,(H,25,27,28). The third-order valence-corrected chi connectivity index (χ3v) is 5.70. The van der Waals surface area contributed by atoms with E-state index in [-0.39, 0.29) is 11.2 Å². The highest BCUT2D eigenvalue weighted by Gasteiger charge is 2.32. The van der Waals surface area contributed by atoms with Crippen LogP contribution in [0.25, 0.3) is 21.2 Å². The summed E-state index contributed by atoms with van der Waals surface area (Å²) >= 11 is 0. The number of carbonyl (C=O) groups is 1. The third-order valence-electron chi connectivity index (χ3n) is 5.70. The molecule has 1 aliphatic carbocycles. The van der Waals surface area contributed by atoms with E-state index in [9.17, 15) is 4.79 Å². The lowest BCUT2D eigenvalue weighted by atomic mass is 9.76. The molecule has 0 aromatic carbocycles. The number of carbonyl (C=O) groups excluding carboxylic acids is 1. The number of methoxy groups -OCH3 is 1. The molecule has 0 bridgehead atoms. The Kier molecular flexibility index (Phi) is 5.22. The number of Topliss-reactive ketones (excluding diaryl/α,β-unsaturated/α-hetero) is 1. The largest absolute Gasteiger partial charge is 0.481 e. The van der Waals surface area contributed by atoms with E-state index in [0.717, 1.165) is 23.1 Å². The van der Waals surface area contributed by atoms with Gasteiger partial charge in [0, 0.05) is 29.3 Å². The zero-order valence-electron chi connectivity index (χ0n) is 18.8. The Labute approximate surface area is 185 Å². The summed E-state index contributed by atoms with van der Waals surface area (Å²) in [6, 6.07) is 5.48. The van der Waals surface area contributed by atoms with Gasteiger partial charge in [0.1, 0.15) is 11.6 Å². The first-order chi connectivity index (χ1) is 15.1. The summed E-state index contributed by atoms with van der Waals surface area (Å²) in [6.45, 7) is 7.81. The van der Waals surface area contributed by atoms with Crippen molar-refractivity contribution in [3.8, 4) is 5.88 Å². The molecule has 4 rings (SSSR count). The second kappa shape index (κ2) is 7.76. The van der Waals surface area contributed by atoms with E-state index < -0.39 is 5.54 Å². The van der Waals surface area contributed by atoms with Gasteiger partial charge < -0.3 is 10.1 Å². The molecular formula is C23H25N7O2. The van der Waals surface area contributed by atoms with E-state index in [4.69, 9.17) is 15.3 Å². The van der Waals surface area contributed by atoms with E-state index in [1.807, 2.05) is 26.0 Å². The Balaban J connectivity index is 1.76. The lowest BCUT2D eigenvalue weighted by molar-refractivity contribution is 0.0910. The highest BCUT2D eigenvalue weighted by atomic mass is 16.5. The maximum atomic E-state index is 12.4. The average Bonchev–Trinajstić information content (AvgIpc) is 2.71. The van der Waals surface area contributed by atoms with Gasteiger partial charge in [-0.05, 0) is 46.5 Å². The van der Waals surface area contributed by atoms with Crippen LogP contribution in [0.4, 0.5) is 11.6 Å². The number of aromatic nitrogens is 3. The molecule has 0 atom stereocenters. The van der Waals surface area contributed by atoms with Crippen molar-refractivity contribution in [3.63, 3.8) is 0 Å². The van der Waals surface area contributed by atoms with Crippen LogP contribution in [0, 0.1) is 5.41 Å². The molecule has 3 aromatic rings. The molecule has 0 radical (unpaired) electrons. The van der Waals surface area contributed by atoms with Crippen LogP contribution in [0.3, 0.4) is 0 Å². The van der Waals surface area contributed by atoms with E-state index in [1.54, 1.807) is 25.6 Å². The van der Waals surface area contributed by atoms with Gasteiger partial charge in [-0.1, -0.05) is 32.8 Å². The van der Waals surface area contributed by atoms with Gasteiger partial charge in [0.2, 0.25) is 5.88 Å². The molecule has 3 heterocycles. The number of nitrogens with zero attached hydrogens (tertiary/aromatic N) is 6. The number of ether oxygens (including phenoxy) is 1. The van der Waals surface area contributed by atoms with Crippen LogP contribution in [0.1, 0.15) is 55.7 Å². The molecule has 1 aliphatic rings. The van der Waals surface area contributed by atoms with E-state index >= 15 is 0 Å². The number of pyridine rings is 3. The summed E-state index contributed by atoms with van der Waals surface area (Å²) in [5, 5.41) is 8.69. The third kappa shape index (κ3) is 3.94. The SMILES string of the molecule is COc1ncc(C(C)(C)N=[N+]=[N-])c2cc(Nc3ccc4c(n3)CC(C)(C)CC4=O)ncc12. The smallest absolute Gasteiger partial charge is 0.222 e. The van der Waals surface area contributed by atoms with Gasteiger partial charge in [-0.2, -0.15) is 0 Å². The minimum absolute atomic E-state index is 0.109. The average molecular weight is 432 g/mol. The summed E-state index contributed by atoms with van der Waals surface area (Å²) in [6.07, 6.45) is 4.59. The predicted octanol–water partition coefficient (Wildman–Crippen LogP) is 5.48. The molecule has 0 spiro atoms. The van der Waals surface area contributed by atoms with Gasteiger partial charge in [-0.3, -0.25) is 4.79 Å². The fourth-order valence-electron chi connectivity index (χ4n) is 4.13. The van der Waals surface area contributed by atoms with Crippen molar-refractivity contribution in [1.29, 1.82) is 0 Å². The molecule has 0 saturated carbocycles. The summed E-state index contributed by atoms with van der Waals surface area (Å²) in [7, 11) is 1.55. The number of rotatable bonds is 5. The Morgan fingerprint density at radius 1 is 1.16 bits per heavy atom. The topological polar surface area (TPSA) is 126 Å². The van der Waals surface area contributed by atoms with Crippen molar-refractivity contribution in [1.82, 2.24) is 15.0 Å². The lowest BCUT2D eigenvalue weighted by Crippen LogP contribution is -2.28.